The van der Waals surface area contributed by atoms with Crippen LogP contribution in [0.1, 0.15) is 29.2 Å². The summed E-state index contributed by atoms with van der Waals surface area (Å²) in [5.41, 5.74) is 1.83. The summed E-state index contributed by atoms with van der Waals surface area (Å²) < 4.78 is 13.2. The lowest BCUT2D eigenvalue weighted by molar-refractivity contribution is -0.117. The van der Waals surface area contributed by atoms with E-state index in [9.17, 15) is 14.0 Å². The Morgan fingerprint density at radius 1 is 1.43 bits per heavy atom. The first-order valence-corrected chi connectivity index (χ1v) is 6.70. The molecular weight excluding hydrogens is 273 g/mol. The summed E-state index contributed by atoms with van der Waals surface area (Å²) in [6.07, 6.45) is 1.31. The molecule has 1 aliphatic rings. The summed E-state index contributed by atoms with van der Waals surface area (Å²) in [5.74, 6) is -0.613. The molecule has 108 valence electrons. The molecule has 1 heterocycles. The standard InChI is InChI=1S/C15H14FN3O2/c1-8-6-13(19-15(21)17-8)18-14(20)12-4-2-9-7-10(16)3-5-11(9)12/h3,5-7,12H,2,4H2,1H3,(H2,17,18,19,20,21). The Labute approximate surface area is 120 Å². The minimum atomic E-state index is -0.501. The first kappa shape index (κ1) is 13.5. The summed E-state index contributed by atoms with van der Waals surface area (Å²) in [4.78, 5) is 29.8. The molecule has 0 saturated heterocycles. The van der Waals surface area contributed by atoms with Gasteiger partial charge in [-0.15, -0.1) is 0 Å². The molecule has 0 saturated carbocycles. The van der Waals surface area contributed by atoms with Crippen molar-refractivity contribution in [3.8, 4) is 0 Å². The third kappa shape index (κ3) is 2.69. The van der Waals surface area contributed by atoms with Gasteiger partial charge < -0.3 is 10.3 Å². The number of hydrogen-bond acceptors (Lipinski definition) is 3. The molecule has 6 heteroatoms. The number of aromatic amines is 1. The van der Waals surface area contributed by atoms with Crippen molar-refractivity contribution in [2.75, 3.05) is 5.32 Å². The van der Waals surface area contributed by atoms with Crippen LogP contribution in [-0.4, -0.2) is 15.9 Å². The van der Waals surface area contributed by atoms with Crippen LogP contribution in [-0.2, 0) is 11.2 Å². The lowest BCUT2D eigenvalue weighted by Gasteiger charge is -2.12. The number of halogens is 1. The lowest BCUT2D eigenvalue weighted by atomic mass is 10.0. The van der Waals surface area contributed by atoms with Gasteiger partial charge in [-0.3, -0.25) is 4.79 Å². The summed E-state index contributed by atoms with van der Waals surface area (Å²) in [5, 5.41) is 2.66. The lowest BCUT2D eigenvalue weighted by Crippen LogP contribution is -2.23. The van der Waals surface area contributed by atoms with Crippen molar-refractivity contribution in [2.45, 2.75) is 25.7 Å². The minimum Gasteiger partial charge on any atom is -0.310 e. The monoisotopic (exact) mass is 287 g/mol. The van der Waals surface area contributed by atoms with Crippen molar-refractivity contribution in [1.82, 2.24) is 9.97 Å². The van der Waals surface area contributed by atoms with Crippen LogP contribution in [0.3, 0.4) is 0 Å². The van der Waals surface area contributed by atoms with Crippen LogP contribution < -0.4 is 11.0 Å². The fraction of sp³-hybridized carbons (Fsp3) is 0.267. The Bertz CT molecular complexity index is 770. The van der Waals surface area contributed by atoms with Gasteiger partial charge >= 0.3 is 5.69 Å². The van der Waals surface area contributed by atoms with E-state index in [1.54, 1.807) is 19.1 Å². The molecule has 2 N–H and O–H groups in total. The number of carbonyl (C=O) groups is 1. The molecule has 0 aliphatic heterocycles. The van der Waals surface area contributed by atoms with Crippen LogP contribution >= 0.6 is 0 Å². The Hall–Kier alpha value is -2.50. The van der Waals surface area contributed by atoms with Crippen molar-refractivity contribution in [1.29, 1.82) is 0 Å². The van der Waals surface area contributed by atoms with Crippen LogP contribution in [0.15, 0.2) is 29.1 Å². The number of H-pyrrole nitrogens is 1. The predicted octanol–water partition coefficient (Wildman–Crippen LogP) is 1.89. The van der Waals surface area contributed by atoms with E-state index < -0.39 is 5.69 Å². The molecule has 0 fully saturated rings. The SMILES string of the molecule is Cc1cc(NC(=O)C2CCc3cc(F)ccc32)nc(=O)[nH]1. The van der Waals surface area contributed by atoms with E-state index in [1.165, 1.54) is 12.1 Å². The van der Waals surface area contributed by atoms with Crippen LogP contribution in [0, 0.1) is 12.7 Å². The molecule has 1 aliphatic carbocycles. The van der Waals surface area contributed by atoms with Crippen molar-refractivity contribution >= 4 is 11.7 Å². The Morgan fingerprint density at radius 2 is 2.24 bits per heavy atom. The van der Waals surface area contributed by atoms with Crippen LogP contribution in [0.4, 0.5) is 10.2 Å². The van der Waals surface area contributed by atoms with Crippen LogP contribution in [0.2, 0.25) is 0 Å². The summed E-state index contributed by atoms with van der Waals surface area (Å²) in [7, 11) is 0. The molecule has 0 bridgehead atoms. The normalized spacial score (nSPS) is 16.6. The summed E-state index contributed by atoms with van der Waals surface area (Å²) in [6, 6.07) is 6.08. The molecule has 21 heavy (non-hydrogen) atoms. The molecule has 0 radical (unpaired) electrons. The maximum absolute atomic E-state index is 13.2. The highest BCUT2D eigenvalue weighted by Crippen LogP contribution is 2.34. The van der Waals surface area contributed by atoms with Crippen molar-refractivity contribution in [3.63, 3.8) is 0 Å². The molecule has 1 aromatic heterocycles. The zero-order chi connectivity index (χ0) is 15.0. The van der Waals surface area contributed by atoms with Gasteiger partial charge in [0.1, 0.15) is 11.6 Å². The first-order valence-electron chi connectivity index (χ1n) is 6.70. The number of nitrogens with zero attached hydrogens (tertiary/aromatic N) is 1. The second-order valence-corrected chi connectivity index (χ2v) is 5.18. The molecule has 5 nitrogen and oxygen atoms in total. The van der Waals surface area contributed by atoms with E-state index in [1.807, 2.05) is 0 Å². The Balaban J connectivity index is 1.83. The largest absolute Gasteiger partial charge is 0.347 e. The smallest absolute Gasteiger partial charge is 0.310 e. The van der Waals surface area contributed by atoms with Crippen molar-refractivity contribution in [2.24, 2.45) is 0 Å². The van der Waals surface area contributed by atoms with E-state index in [2.05, 4.69) is 15.3 Å². The molecule has 1 unspecified atom stereocenters. The molecule has 0 spiro atoms. The number of nitrogens with one attached hydrogen (secondary N) is 2. The van der Waals surface area contributed by atoms with Gasteiger partial charge in [-0.2, -0.15) is 4.98 Å². The number of aromatic nitrogens is 2. The summed E-state index contributed by atoms with van der Waals surface area (Å²) in [6.45, 7) is 1.71. The molecule has 1 atom stereocenters. The second-order valence-electron chi connectivity index (χ2n) is 5.18. The van der Waals surface area contributed by atoms with Crippen molar-refractivity contribution in [3.05, 3.63) is 57.4 Å². The fourth-order valence-electron chi connectivity index (χ4n) is 2.72. The van der Waals surface area contributed by atoms with Gasteiger partial charge in [-0.25, -0.2) is 9.18 Å². The first-order chi connectivity index (χ1) is 10.0. The molecule has 1 amide bonds. The van der Waals surface area contributed by atoms with E-state index in [4.69, 9.17) is 0 Å². The van der Waals surface area contributed by atoms with Gasteiger partial charge in [0.2, 0.25) is 5.91 Å². The minimum absolute atomic E-state index is 0.224. The van der Waals surface area contributed by atoms with Crippen LogP contribution in [0.25, 0.3) is 0 Å². The van der Waals surface area contributed by atoms with E-state index in [0.29, 0.717) is 18.5 Å². The zero-order valence-electron chi connectivity index (χ0n) is 11.4. The third-order valence-electron chi connectivity index (χ3n) is 3.63. The zero-order valence-corrected chi connectivity index (χ0v) is 11.4. The number of hydrogen-bond donors (Lipinski definition) is 2. The number of anilines is 1. The van der Waals surface area contributed by atoms with Gasteiger partial charge in [-0.1, -0.05) is 6.07 Å². The van der Waals surface area contributed by atoms with Gasteiger partial charge in [0.05, 0.1) is 5.92 Å². The van der Waals surface area contributed by atoms with E-state index in [0.717, 1.165) is 11.1 Å². The number of carbonyl (C=O) groups excluding carboxylic acids is 1. The maximum atomic E-state index is 13.2. The van der Waals surface area contributed by atoms with Gasteiger partial charge in [0.15, 0.2) is 0 Å². The highest BCUT2D eigenvalue weighted by Gasteiger charge is 2.29. The molecular formula is C15H14FN3O2. The Morgan fingerprint density at radius 3 is 3.00 bits per heavy atom. The topological polar surface area (TPSA) is 74.8 Å². The number of amides is 1. The highest BCUT2D eigenvalue weighted by atomic mass is 19.1. The van der Waals surface area contributed by atoms with E-state index >= 15 is 0 Å². The van der Waals surface area contributed by atoms with Gasteiger partial charge in [-0.05, 0) is 43.0 Å². The van der Waals surface area contributed by atoms with Crippen LogP contribution in [0.5, 0.6) is 0 Å². The van der Waals surface area contributed by atoms with Gasteiger partial charge in [0, 0.05) is 11.8 Å². The number of rotatable bonds is 2. The highest BCUT2D eigenvalue weighted by molar-refractivity contribution is 5.95. The number of benzene rings is 1. The maximum Gasteiger partial charge on any atom is 0.347 e. The average molecular weight is 287 g/mol. The van der Waals surface area contributed by atoms with Crippen molar-refractivity contribution < 1.29 is 9.18 Å². The predicted molar refractivity (Wildman–Crippen MR) is 75.7 cm³/mol. The summed E-state index contributed by atoms with van der Waals surface area (Å²) >= 11 is 0. The molecule has 2 aromatic rings. The Kier molecular flexibility index (Phi) is 3.29. The fourth-order valence-corrected chi connectivity index (χ4v) is 2.72. The van der Waals surface area contributed by atoms with E-state index in [-0.39, 0.29) is 23.5 Å². The average Bonchev–Trinajstić information content (AvgIpc) is 2.80. The second kappa shape index (κ2) is 5.12. The third-order valence-corrected chi connectivity index (χ3v) is 3.63. The number of aryl methyl sites for hydroxylation is 2. The quantitative estimate of drug-likeness (QED) is 0.885. The molecule has 3 rings (SSSR count). The van der Waals surface area contributed by atoms with Gasteiger partial charge in [0.25, 0.3) is 0 Å². The number of fused-ring (bicyclic) bond motifs is 1. The molecule has 1 aromatic carbocycles.